The third-order valence-corrected chi connectivity index (χ3v) is 4.44. The Morgan fingerprint density at radius 3 is 2.65 bits per heavy atom. The van der Waals surface area contributed by atoms with Crippen LogP contribution in [-0.2, 0) is 12.8 Å². The summed E-state index contributed by atoms with van der Waals surface area (Å²) in [6, 6.07) is 7.82. The first-order valence-electron chi connectivity index (χ1n) is 7.18. The van der Waals surface area contributed by atoms with Gasteiger partial charge in [0.15, 0.2) is 0 Å². The van der Waals surface area contributed by atoms with Crippen molar-refractivity contribution in [2.24, 2.45) is 5.92 Å². The number of rotatable bonds is 1. The van der Waals surface area contributed by atoms with E-state index < -0.39 is 0 Å². The van der Waals surface area contributed by atoms with Gasteiger partial charge < -0.3 is 5.32 Å². The molecule has 0 radical (unpaired) electrons. The summed E-state index contributed by atoms with van der Waals surface area (Å²) in [4.78, 5) is 0. The lowest BCUT2D eigenvalue weighted by molar-refractivity contribution is 0.333. The summed E-state index contributed by atoms with van der Waals surface area (Å²) in [5.74, 6) is 0.851. The van der Waals surface area contributed by atoms with Gasteiger partial charge in [-0.05, 0) is 67.7 Å². The maximum atomic E-state index is 3.69. The topological polar surface area (TPSA) is 12.0 Å². The van der Waals surface area contributed by atoms with Crippen LogP contribution in [-0.4, -0.2) is 6.54 Å². The highest BCUT2D eigenvalue weighted by Gasteiger charge is 2.20. The Hall–Kier alpha value is -0.820. The fraction of sp³-hybridized carbons (Fsp3) is 0.625. The number of hydrogen-bond donors (Lipinski definition) is 1. The summed E-state index contributed by atoms with van der Waals surface area (Å²) in [6.45, 7) is 3.53. The SMILES string of the molecule is CC1CCC(c2ccc3c(c2)CCCC3)NC1. The number of nitrogens with one attached hydrogen (secondary N) is 1. The molecule has 2 atom stereocenters. The third-order valence-electron chi connectivity index (χ3n) is 4.44. The Morgan fingerprint density at radius 2 is 1.88 bits per heavy atom. The number of piperidine rings is 1. The highest BCUT2D eigenvalue weighted by Crippen LogP contribution is 2.29. The lowest BCUT2D eigenvalue weighted by Crippen LogP contribution is -2.31. The molecule has 2 unspecified atom stereocenters. The van der Waals surface area contributed by atoms with Crippen molar-refractivity contribution in [1.29, 1.82) is 0 Å². The van der Waals surface area contributed by atoms with Gasteiger partial charge in [0, 0.05) is 6.04 Å². The third kappa shape index (κ3) is 2.40. The van der Waals surface area contributed by atoms with E-state index >= 15 is 0 Å². The quantitative estimate of drug-likeness (QED) is 0.775. The molecule has 2 aliphatic rings. The maximum Gasteiger partial charge on any atom is 0.0320 e. The maximum absolute atomic E-state index is 3.69. The van der Waals surface area contributed by atoms with Gasteiger partial charge in [-0.25, -0.2) is 0 Å². The van der Waals surface area contributed by atoms with E-state index in [1.807, 2.05) is 0 Å². The molecule has 92 valence electrons. The molecular formula is C16H23N. The van der Waals surface area contributed by atoms with Crippen molar-refractivity contribution in [2.45, 2.75) is 51.5 Å². The smallest absolute Gasteiger partial charge is 0.0320 e. The van der Waals surface area contributed by atoms with Crippen molar-refractivity contribution in [3.05, 3.63) is 34.9 Å². The highest BCUT2D eigenvalue weighted by molar-refractivity contribution is 5.35. The van der Waals surface area contributed by atoms with E-state index in [2.05, 4.69) is 30.4 Å². The van der Waals surface area contributed by atoms with Crippen LogP contribution in [0.2, 0.25) is 0 Å². The molecule has 0 bridgehead atoms. The second-order valence-corrected chi connectivity index (χ2v) is 5.88. The molecule has 3 rings (SSSR count). The Labute approximate surface area is 105 Å². The van der Waals surface area contributed by atoms with Gasteiger partial charge in [0.1, 0.15) is 0 Å². The highest BCUT2D eigenvalue weighted by atomic mass is 14.9. The Morgan fingerprint density at radius 1 is 1.06 bits per heavy atom. The van der Waals surface area contributed by atoms with Crippen LogP contribution in [0.1, 0.15) is 55.3 Å². The van der Waals surface area contributed by atoms with Crippen molar-refractivity contribution in [1.82, 2.24) is 5.32 Å². The molecule has 1 heterocycles. The predicted molar refractivity (Wildman–Crippen MR) is 72.2 cm³/mol. The number of aryl methyl sites for hydroxylation is 2. The normalized spacial score (nSPS) is 28.8. The fourth-order valence-corrected chi connectivity index (χ4v) is 3.25. The molecule has 0 aromatic heterocycles. The molecule has 0 spiro atoms. The minimum absolute atomic E-state index is 0.610. The van der Waals surface area contributed by atoms with Gasteiger partial charge in [-0.2, -0.15) is 0 Å². The van der Waals surface area contributed by atoms with E-state index in [0.717, 1.165) is 5.92 Å². The van der Waals surface area contributed by atoms with Gasteiger partial charge in [0.2, 0.25) is 0 Å². The van der Waals surface area contributed by atoms with E-state index in [4.69, 9.17) is 0 Å². The van der Waals surface area contributed by atoms with Crippen LogP contribution >= 0.6 is 0 Å². The molecule has 1 aromatic rings. The van der Waals surface area contributed by atoms with Crippen LogP contribution < -0.4 is 5.32 Å². The van der Waals surface area contributed by atoms with Crippen molar-refractivity contribution in [2.75, 3.05) is 6.54 Å². The van der Waals surface area contributed by atoms with Gasteiger partial charge in [-0.1, -0.05) is 25.1 Å². The largest absolute Gasteiger partial charge is 0.310 e. The first kappa shape index (κ1) is 11.3. The summed E-state index contributed by atoms with van der Waals surface area (Å²) in [5.41, 5.74) is 4.75. The van der Waals surface area contributed by atoms with E-state index in [1.165, 1.54) is 50.6 Å². The van der Waals surface area contributed by atoms with Crippen LogP contribution in [0.25, 0.3) is 0 Å². The van der Waals surface area contributed by atoms with Crippen molar-refractivity contribution < 1.29 is 0 Å². The first-order chi connectivity index (χ1) is 8.33. The summed E-state index contributed by atoms with van der Waals surface area (Å²) < 4.78 is 0. The molecule has 1 aromatic carbocycles. The predicted octanol–water partition coefficient (Wildman–Crippen LogP) is 3.63. The minimum atomic E-state index is 0.610. The van der Waals surface area contributed by atoms with Crippen molar-refractivity contribution in [3.63, 3.8) is 0 Å². The Balaban J connectivity index is 1.79. The first-order valence-corrected chi connectivity index (χ1v) is 7.18. The lowest BCUT2D eigenvalue weighted by atomic mass is 9.86. The van der Waals surface area contributed by atoms with Crippen LogP contribution in [0.15, 0.2) is 18.2 Å². The molecule has 1 saturated heterocycles. The zero-order chi connectivity index (χ0) is 11.7. The molecular weight excluding hydrogens is 206 g/mol. The van der Waals surface area contributed by atoms with Crippen LogP contribution in [0.3, 0.4) is 0 Å². The molecule has 1 N–H and O–H groups in total. The average molecular weight is 229 g/mol. The van der Waals surface area contributed by atoms with E-state index in [0.29, 0.717) is 6.04 Å². The van der Waals surface area contributed by atoms with Gasteiger partial charge in [-0.15, -0.1) is 0 Å². The van der Waals surface area contributed by atoms with Gasteiger partial charge in [-0.3, -0.25) is 0 Å². The zero-order valence-electron chi connectivity index (χ0n) is 10.8. The molecule has 0 saturated carbocycles. The van der Waals surface area contributed by atoms with Crippen molar-refractivity contribution in [3.8, 4) is 0 Å². The summed E-state index contributed by atoms with van der Waals surface area (Å²) in [5, 5.41) is 3.69. The molecule has 1 nitrogen and oxygen atoms in total. The average Bonchev–Trinajstić information content (AvgIpc) is 2.39. The summed E-state index contributed by atoms with van der Waals surface area (Å²) in [7, 11) is 0. The fourth-order valence-electron chi connectivity index (χ4n) is 3.25. The lowest BCUT2D eigenvalue weighted by Gasteiger charge is -2.29. The van der Waals surface area contributed by atoms with Gasteiger partial charge >= 0.3 is 0 Å². The molecule has 1 fully saturated rings. The van der Waals surface area contributed by atoms with E-state index in [-0.39, 0.29) is 0 Å². The summed E-state index contributed by atoms with van der Waals surface area (Å²) in [6.07, 6.45) is 8.03. The second kappa shape index (κ2) is 4.81. The molecule has 17 heavy (non-hydrogen) atoms. The Bertz CT molecular complexity index is 389. The zero-order valence-corrected chi connectivity index (χ0v) is 10.8. The van der Waals surface area contributed by atoms with Gasteiger partial charge in [0.05, 0.1) is 0 Å². The van der Waals surface area contributed by atoms with Crippen LogP contribution in [0.5, 0.6) is 0 Å². The minimum Gasteiger partial charge on any atom is -0.310 e. The van der Waals surface area contributed by atoms with Crippen LogP contribution in [0.4, 0.5) is 0 Å². The number of fused-ring (bicyclic) bond motifs is 1. The van der Waals surface area contributed by atoms with E-state index in [1.54, 1.807) is 11.1 Å². The molecule has 0 amide bonds. The number of benzene rings is 1. The number of hydrogen-bond acceptors (Lipinski definition) is 1. The van der Waals surface area contributed by atoms with E-state index in [9.17, 15) is 0 Å². The monoisotopic (exact) mass is 229 g/mol. The molecule has 1 heteroatoms. The molecule has 1 aliphatic carbocycles. The summed E-state index contributed by atoms with van der Waals surface area (Å²) >= 11 is 0. The standard InChI is InChI=1S/C16H23N/c1-12-6-9-16(17-11-12)15-8-7-13-4-2-3-5-14(13)10-15/h7-8,10,12,16-17H,2-6,9,11H2,1H3. The van der Waals surface area contributed by atoms with Crippen molar-refractivity contribution >= 4 is 0 Å². The second-order valence-electron chi connectivity index (χ2n) is 5.88. The van der Waals surface area contributed by atoms with Crippen LogP contribution in [0, 0.1) is 5.92 Å². The molecule has 1 aliphatic heterocycles. The van der Waals surface area contributed by atoms with Gasteiger partial charge in [0.25, 0.3) is 0 Å². The Kier molecular flexibility index (Phi) is 3.19.